The molecule has 20 heavy (non-hydrogen) atoms. The standard InChI is InChI=1S/C15H21N3OS/c1-12-4-2-5-13-14(12)16-15(20)18(13)7-3-6-17-8-10-19-11-9-17/h2,4-5H,3,6-11H2,1H3,(H,16,20). The van der Waals surface area contributed by atoms with E-state index in [4.69, 9.17) is 17.0 Å². The van der Waals surface area contributed by atoms with E-state index in [2.05, 4.69) is 39.6 Å². The van der Waals surface area contributed by atoms with E-state index >= 15 is 0 Å². The third kappa shape index (κ3) is 2.80. The Morgan fingerprint density at radius 2 is 2.05 bits per heavy atom. The Kier molecular flexibility index (Phi) is 4.19. The van der Waals surface area contributed by atoms with E-state index in [0.29, 0.717) is 0 Å². The number of aromatic nitrogens is 2. The summed E-state index contributed by atoms with van der Waals surface area (Å²) in [6.07, 6.45) is 1.12. The highest BCUT2D eigenvalue weighted by Crippen LogP contribution is 2.18. The van der Waals surface area contributed by atoms with Crippen LogP contribution in [0.5, 0.6) is 0 Å². The number of aromatic amines is 1. The number of H-pyrrole nitrogens is 1. The third-order valence-electron chi connectivity index (χ3n) is 3.98. The van der Waals surface area contributed by atoms with Gasteiger partial charge in [-0.25, -0.2) is 0 Å². The lowest BCUT2D eigenvalue weighted by Gasteiger charge is -2.26. The molecular formula is C15H21N3OS. The van der Waals surface area contributed by atoms with Crippen LogP contribution < -0.4 is 0 Å². The molecule has 4 nitrogen and oxygen atoms in total. The Morgan fingerprint density at radius 1 is 1.25 bits per heavy atom. The molecule has 3 rings (SSSR count). The maximum atomic E-state index is 5.46. The Labute approximate surface area is 124 Å². The van der Waals surface area contributed by atoms with Crippen molar-refractivity contribution in [2.45, 2.75) is 19.9 Å². The van der Waals surface area contributed by atoms with Crippen LogP contribution in [0.4, 0.5) is 0 Å². The average molecular weight is 291 g/mol. The van der Waals surface area contributed by atoms with Gasteiger partial charge >= 0.3 is 0 Å². The van der Waals surface area contributed by atoms with Crippen LogP contribution in [0.3, 0.4) is 0 Å². The highest BCUT2D eigenvalue weighted by atomic mass is 32.1. The predicted octanol–water partition coefficient (Wildman–Crippen LogP) is 2.73. The zero-order chi connectivity index (χ0) is 13.9. The van der Waals surface area contributed by atoms with Gasteiger partial charge in [0.25, 0.3) is 0 Å². The number of para-hydroxylation sites is 1. The number of hydrogen-bond acceptors (Lipinski definition) is 3. The molecule has 0 spiro atoms. The second-order valence-electron chi connectivity index (χ2n) is 5.36. The summed E-state index contributed by atoms with van der Waals surface area (Å²) in [6.45, 7) is 8.04. The molecule has 1 aromatic heterocycles. The molecule has 1 N–H and O–H groups in total. The van der Waals surface area contributed by atoms with Crippen molar-refractivity contribution < 1.29 is 4.74 Å². The fourth-order valence-corrected chi connectivity index (χ4v) is 3.11. The smallest absolute Gasteiger partial charge is 0.178 e. The van der Waals surface area contributed by atoms with Gasteiger partial charge in [-0.1, -0.05) is 12.1 Å². The maximum absolute atomic E-state index is 5.46. The van der Waals surface area contributed by atoms with Crippen LogP contribution in [0.25, 0.3) is 11.0 Å². The van der Waals surface area contributed by atoms with Gasteiger partial charge in [0.15, 0.2) is 4.77 Å². The van der Waals surface area contributed by atoms with Crippen molar-refractivity contribution in [3.05, 3.63) is 28.5 Å². The van der Waals surface area contributed by atoms with Crippen molar-refractivity contribution in [2.75, 3.05) is 32.8 Å². The molecule has 0 aliphatic carbocycles. The van der Waals surface area contributed by atoms with Gasteiger partial charge in [0.2, 0.25) is 0 Å². The van der Waals surface area contributed by atoms with Crippen molar-refractivity contribution in [1.82, 2.24) is 14.5 Å². The number of ether oxygens (including phenoxy) is 1. The lowest BCUT2D eigenvalue weighted by atomic mass is 10.2. The summed E-state index contributed by atoms with van der Waals surface area (Å²) in [7, 11) is 0. The normalized spacial score (nSPS) is 16.9. The van der Waals surface area contributed by atoms with Crippen LogP contribution in [-0.2, 0) is 11.3 Å². The first kappa shape index (κ1) is 13.8. The summed E-state index contributed by atoms with van der Waals surface area (Å²) in [4.78, 5) is 5.79. The molecule has 1 aliphatic rings. The second-order valence-corrected chi connectivity index (χ2v) is 5.75. The van der Waals surface area contributed by atoms with E-state index in [1.807, 2.05) is 0 Å². The number of fused-ring (bicyclic) bond motifs is 1. The molecule has 0 amide bonds. The van der Waals surface area contributed by atoms with Crippen molar-refractivity contribution in [3.8, 4) is 0 Å². The zero-order valence-electron chi connectivity index (χ0n) is 11.9. The van der Waals surface area contributed by atoms with Crippen molar-refractivity contribution in [3.63, 3.8) is 0 Å². The van der Waals surface area contributed by atoms with E-state index in [-0.39, 0.29) is 0 Å². The fourth-order valence-electron chi connectivity index (χ4n) is 2.82. The van der Waals surface area contributed by atoms with Crippen LogP contribution >= 0.6 is 12.2 Å². The molecule has 1 saturated heterocycles. The minimum absolute atomic E-state index is 0.830. The minimum Gasteiger partial charge on any atom is -0.379 e. The Morgan fingerprint density at radius 3 is 2.85 bits per heavy atom. The first-order valence-corrected chi connectivity index (χ1v) is 7.65. The summed E-state index contributed by atoms with van der Waals surface area (Å²) in [5.41, 5.74) is 3.64. The topological polar surface area (TPSA) is 33.2 Å². The van der Waals surface area contributed by atoms with Gasteiger partial charge in [-0.3, -0.25) is 4.90 Å². The molecule has 1 aromatic carbocycles. The van der Waals surface area contributed by atoms with E-state index in [9.17, 15) is 0 Å². The lowest BCUT2D eigenvalue weighted by molar-refractivity contribution is 0.0369. The van der Waals surface area contributed by atoms with Crippen LogP contribution in [0.1, 0.15) is 12.0 Å². The molecule has 0 unspecified atom stereocenters. The van der Waals surface area contributed by atoms with Gasteiger partial charge < -0.3 is 14.3 Å². The minimum atomic E-state index is 0.830. The molecule has 0 saturated carbocycles. The average Bonchev–Trinajstić information content (AvgIpc) is 2.78. The summed E-state index contributed by atoms with van der Waals surface area (Å²) >= 11 is 5.46. The number of nitrogens with one attached hydrogen (secondary N) is 1. The summed E-state index contributed by atoms with van der Waals surface area (Å²) in [6, 6.07) is 6.35. The fraction of sp³-hybridized carbons (Fsp3) is 0.533. The van der Waals surface area contributed by atoms with Gasteiger partial charge in [-0.15, -0.1) is 0 Å². The van der Waals surface area contributed by atoms with Crippen LogP contribution in [0.15, 0.2) is 18.2 Å². The largest absolute Gasteiger partial charge is 0.379 e. The summed E-state index contributed by atoms with van der Waals surface area (Å²) in [5, 5.41) is 0. The van der Waals surface area contributed by atoms with Gasteiger partial charge in [-0.05, 0) is 37.2 Å². The highest BCUT2D eigenvalue weighted by molar-refractivity contribution is 7.71. The molecule has 2 heterocycles. The zero-order valence-corrected chi connectivity index (χ0v) is 12.7. The van der Waals surface area contributed by atoms with Crippen molar-refractivity contribution in [2.24, 2.45) is 0 Å². The number of nitrogens with zero attached hydrogens (tertiary/aromatic N) is 2. The molecule has 5 heteroatoms. The molecule has 2 aromatic rings. The number of hydrogen-bond donors (Lipinski definition) is 1. The molecule has 0 radical (unpaired) electrons. The van der Waals surface area contributed by atoms with E-state index in [1.54, 1.807) is 0 Å². The van der Waals surface area contributed by atoms with Gasteiger partial charge in [0, 0.05) is 26.2 Å². The number of imidazole rings is 1. The summed E-state index contributed by atoms with van der Waals surface area (Å²) < 4.78 is 8.42. The van der Waals surface area contributed by atoms with E-state index in [1.165, 1.54) is 16.6 Å². The van der Waals surface area contributed by atoms with Crippen molar-refractivity contribution in [1.29, 1.82) is 0 Å². The van der Waals surface area contributed by atoms with Crippen molar-refractivity contribution >= 4 is 23.3 Å². The first-order valence-electron chi connectivity index (χ1n) is 7.24. The van der Waals surface area contributed by atoms with Gasteiger partial charge in [0.1, 0.15) is 0 Å². The Bertz CT molecular complexity index is 640. The molecule has 1 fully saturated rings. The van der Waals surface area contributed by atoms with E-state index < -0.39 is 0 Å². The Hall–Kier alpha value is -1.17. The monoisotopic (exact) mass is 291 g/mol. The second kappa shape index (κ2) is 6.08. The Balaban J connectivity index is 1.69. The quantitative estimate of drug-likeness (QED) is 0.879. The van der Waals surface area contributed by atoms with Crippen LogP contribution in [-0.4, -0.2) is 47.3 Å². The number of benzene rings is 1. The van der Waals surface area contributed by atoms with E-state index in [0.717, 1.165) is 50.6 Å². The highest BCUT2D eigenvalue weighted by Gasteiger charge is 2.10. The molecule has 0 bridgehead atoms. The maximum Gasteiger partial charge on any atom is 0.178 e. The third-order valence-corrected chi connectivity index (χ3v) is 4.30. The molecule has 1 aliphatic heterocycles. The van der Waals surface area contributed by atoms with Gasteiger partial charge in [0.05, 0.1) is 24.2 Å². The summed E-state index contributed by atoms with van der Waals surface area (Å²) in [5.74, 6) is 0. The van der Waals surface area contributed by atoms with Crippen LogP contribution in [0.2, 0.25) is 0 Å². The predicted molar refractivity (Wildman–Crippen MR) is 83.7 cm³/mol. The number of aryl methyl sites for hydroxylation is 2. The number of morpholine rings is 1. The van der Waals surface area contributed by atoms with Crippen LogP contribution in [0, 0.1) is 11.7 Å². The lowest BCUT2D eigenvalue weighted by Crippen LogP contribution is -2.37. The molecule has 0 atom stereocenters. The van der Waals surface area contributed by atoms with Gasteiger partial charge in [-0.2, -0.15) is 0 Å². The molecular weight excluding hydrogens is 270 g/mol. The SMILES string of the molecule is Cc1cccc2c1[nH]c(=S)n2CCCN1CCOCC1. The number of rotatable bonds is 4. The molecule has 108 valence electrons. The first-order chi connectivity index (χ1) is 9.75.